The van der Waals surface area contributed by atoms with Crippen molar-refractivity contribution in [3.8, 4) is 0 Å². The summed E-state index contributed by atoms with van der Waals surface area (Å²) in [5.41, 5.74) is 0. The molecule has 0 N–H and O–H groups in total. The molecular formula is C14H30. The van der Waals surface area contributed by atoms with E-state index in [0.717, 1.165) is 11.8 Å². The molecular weight excluding hydrogens is 168 g/mol. The van der Waals surface area contributed by atoms with E-state index in [-0.39, 0.29) is 0 Å². The SMILES string of the molecule is C=CC(CC)CC.CCC(CC)CC. The van der Waals surface area contributed by atoms with Crippen molar-refractivity contribution >= 4 is 0 Å². The Labute approximate surface area is 91.8 Å². The summed E-state index contributed by atoms with van der Waals surface area (Å²) < 4.78 is 0. The van der Waals surface area contributed by atoms with E-state index in [9.17, 15) is 0 Å². The largest absolute Gasteiger partial charge is 0.103 e. The molecule has 0 bridgehead atoms. The summed E-state index contributed by atoms with van der Waals surface area (Å²) in [5.74, 6) is 1.74. The summed E-state index contributed by atoms with van der Waals surface area (Å²) in [5, 5.41) is 0. The van der Waals surface area contributed by atoms with E-state index < -0.39 is 0 Å². The van der Waals surface area contributed by atoms with Gasteiger partial charge in [0.05, 0.1) is 0 Å². The zero-order chi connectivity index (χ0) is 11.4. The van der Waals surface area contributed by atoms with E-state index in [1.54, 1.807) is 0 Å². The van der Waals surface area contributed by atoms with Crippen LogP contribution >= 0.6 is 0 Å². The van der Waals surface area contributed by atoms with Crippen LogP contribution in [0.1, 0.15) is 66.7 Å². The highest BCUT2D eigenvalue weighted by Crippen LogP contribution is 2.10. The molecule has 0 saturated heterocycles. The van der Waals surface area contributed by atoms with Gasteiger partial charge in [-0.1, -0.05) is 60.0 Å². The van der Waals surface area contributed by atoms with Gasteiger partial charge < -0.3 is 0 Å². The van der Waals surface area contributed by atoms with Gasteiger partial charge in [0.25, 0.3) is 0 Å². The van der Waals surface area contributed by atoms with E-state index in [1.165, 1.54) is 32.1 Å². The van der Waals surface area contributed by atoms with Crippen LogP contribution in [-0.2, 0) is 0 Å². The van der Waals surface area contributed by atoms with Crippen molar-refractivity contribution in [2.45, 2.75) is 66.7 Å². The Kier molecular flexibility index (Phi) is 14.7. The van der Waals surface area contributed by atoms with Crippen molar-refractivity contribution in [3.63, 3.8) is 0 Å². The van der Waals surface area contributed by atoms with Gasteiger partial charge in [-0.15, -0.1) is 6.58 Å². The van der Waals surface area contributed by atoms with Crippen molar-refractivity contribution in [2.24, 2.45) is 11.8 Å². The first-order valence-electron chi connectivity index (χ1n) is 6.32. The van der Waals surface area contributed by atoms with Gasteiger partial charge in [-0.25, -0.2) is 0 Å². The second-order valence-corrected chi connectivity index (χ2v) is 3.90. The Morgan fingerprint density at radius 1 is 0.786 bits per heavy atom. The summed E-state index contributed by atoms with van der Waals surface area (Å²) in [7, 11) is 0. The summed E-state index contributed by atoms with van der Waals surface area (Å²) in [6.07, 6.45) is 8.56. The quantitative estimate of drug-likeness (QED) is 0.498. The predicted molar refractivity (Wildman–Crippen MR) is 68.6 cm³/mol. The third-order valence-corrected chi connectivity index (χ3v) is 3.11. The molecule has 0 atom stereocenters. The Hall–Kier alpha value is -0.260. The van der Waals surface area contributed by atoms with E-state index >= 15 is 0 Å². The molecule has 0 nitrogen and oxygen atoms in total. The maximum atomic E-state index is 3.70. The third kappa shape index (κ3) is 9.83. The lowest BCUT2D eigenvalue weighted by molar-refractivity contribution is 0.477. The molecule has 0 amide bonds. The van der Waals surface area contributed by atoms with E-state index in [2.05, 4.69) is 41.2 Å². The van der Waals surface area contributed by atoms with Crippen molar-refractivity contribution in [3.05, 3.63) is 12.7 Å². The predicted octanol–water partition coefficient (Wildman–Crippen LogP) is 5.44. The van der Waals surface area contributed by atoms with Crippen molar-refractivity contribution < 1.29 is 0 Å². The second kappa shape index (κ2) is 12.7. The van der Waals surface area contributed by atoms with Crippen LogP contribution in [0, 0.1) is 11.8 Å². The Balaban J connectivity index is 0. The fourth-order valence-corrected chi connectivity index (χ4v) is 1.49. The second-order valence-electron chi connectivity index (χ2n) is 3.90. The first kappa shape index (κ1) is 16.2. The minimum absolute atomic E-state index is 0.750. The molecule has 0 unspecified atom stereocenters. The monoisotopic (exact) mass is 198 g/mol. The molecule has 0 heterocycles. The average Bonchev–Trinajstić information content (AvgIpc) is 2.24. The normalized spacial score (nSPS) is 9.93. The number of hydrogen-bond acceptors (Lipinski definition) is 0. The molecule has 0 fully saturated rings. The van der Waals surface area contributed by atoms with Crippen LogP contribution in [0.25, 0.3) is 0 Å². The van der Waals surface area contributed by atoms with Crippen LogP contribution in [0.5, 0.6) is 0 Å². The van der Waals surface area contributed by atoms with Crippen LogP contribution < -0.4 is 0 Å². The van der Waals surface area contributed by atoms with Gasteiger partial charge in [-0.2, -0.15) is 0 Å². The van der Waals surface area contributed by atoms with E-state index in [1.807, 2.05) is 6.08 Å². The summed E-state index contributed by atoms with van der Waals surface area (Å²) in [4.78, 5) is 0. The lowest BCUT2D eigenvalue weighted by atomic mass is 10.0. The van der Waals surface area contributed by atoms with Crippen LogP contribution in [0.2, 0.25) is 0 Å². The highest BCUT2D eigenvalue weighted by Gasteiger charge is 1.95. The zero-order valence-corrected chi connectivity index (χ0v) is 11.0. The minimum Gasteiger partial charge on any atom is -0.103 e. The third-order valence-electron chi connectivity index (χ3n) is 3.11. The molecule has 0 aliphatic carbocycles. The molecule has 0 spiro atoms. The Morgan fingerprint density at radius 2 is 1.14 bits per heavy atom. The lowest BCUT2D eigenvalue weighted by Crippen LogP contribution is -1.91. The molecule has 0 radical (unpaired) electrons. The number of hydrogen-bond donors (Lipinski definition) is 0. The Morgan fingerprint density at radius 3 is 1.14 bits per heavy atom. The van der Waals surface area contributed by atoms with E-state index in [4.69, 9.17) is 0 Å². The average molecular weight is 198 g/mol. The summed E-state index contributed by atoms with van der Waals surface area (Å²) in [6.45, 7) is 14.9. The van der Waals surface area contributed by atoms with Crippen molar-refractivity contribution in [1.29, 1.82) is 0 Å². The molecule has 0 rings (SSSR count). The molecule has 86 valence electrons. The van der Waals surface area contributed by atoms with Gasteiger partial charge >= 0.3 is 0 Å². The first-order valence-corrected chi connectivity index (χ1v) is 6.32. The van der Waals surface area contributed by atoms with Crippen molar-refractivity contribution in [2.75, 3.05) is 0 Å². The molecule has 0 aliphatic heterocycles. The van der Waals surface area contributed by atoms with Crippen LogP contribution in [-0.4, -0.2) is 0 Å². The highest BCUT2D eigenvalue weighted by molar-refractivity contribution is 4.75. The fraction of sp³-hybridized carbons (Fsp3) is 0.857. The smallest absolute Gasteiger partial charge is 0.0241 e. The van der Waals surface area contributed by atoms with Gasteiger partial charge in [-0.3, -0.25) is 0 Å². The molecule has 0 aliphatic rings. The maximum Gasteiger partial charge on any atom is -0.0241 e. The molecule has 0 aromatic rings. The molecule has 0 saturated carbocycles. The van der Waals surface area contributed by atoms with E-state index in [0.29, 0.717) is 0 Å². The summed E-state index contributed by atoms with van der Waals surface area (Å²) in [6, 6.07) is 0. The first-order chi connectivity index (χ1) is 6.69. The van der Waals surface area contributed by atoms with Gasteiger partial charge in [0, 0.05) is 0 Å². The van der Waals surface area contributed by atoms with Gasteiger partial charge in [0.15, 0.2) is 0 Å². The fourth-order valence-electron chi connectivity index (χ4n) is 1.49. The topological polar surface area (TPSA) is 0 Å². The van der Waals surface area contributed by atoms with Gasteiger partial charge in [0.1, 0.15) is 0 Å². The zero-order valence-electron chi connectivity index (χ0n) is 11.0. The van der Waals surface area contributed by atoms with Gasteiger partial charge in [0.2, 0.25) is 0 Å². The highest BCUT2D eigenvalue weighted by atomic mass is 14.0. The molecule has 0 aromatic heterocycles. The van der Waals surface area contributed by atoms with Gasteiger partial charge in [-0.05, 0) is 24.7 Å². The standard InChI is InChI=1S/C7H16.C7H14/c2*1-4-7(5-2)6-3/h7H,4-6H2,1-3H3;4,7H,1,5-6H2,2-3H3. The minimum atomic E-state index is 0.750. The Bertz CT molecular complexity index is 91.1. The molecule has 0 heteroatoms. The van der Waals surface area contributed by atoms with Crippen LogP contribution in [0.15, 0.2) is 12.7 Å². The lowest BCUT2D eigenvalue weighted by Gasteiger charge is -2.05. The number of allylic oxidation sites excluding steroid dienone is 1. The van der Waals surface area contributed by atoms with Crippen LogP contribution in [0.3, 0.4) is 0 Å². The maximum absolute atomic E-state index is 3.70. The number of rotatable bonds is 6. The molecule has 0 aromatic carbocycles. The summed E-state index contributed by atoms with van der Waals surface area (Å²) >= 11 is 0. The van der Waals surface area contributed by atoms with Crippen LogP contribution in [0.4, 0.5) is 0 Å². The molecule has 14 heavy (non-hydrogen) atoms. The van der Waals surface area contributed by atoms with Crippen molar-refractivity contribution in [1.82, 2.24) is 0 Å².